The molecule has 2 N–H and O–H groups in total. The summed E-state index contributed by atoms with van der Waals surface area (Å²) >= 11 is 0. The van der Waals surface area contributed by atoms with Gasteiger partial charge in [0.15, 0.2) is 6.29 Å². The minimum atomic E-state index is -1.43. The van der Waals surface area contributed by atoms with Crippen LogP contribution in [0.2, 0.25) is 0 Å². The van der Waals surface area contributed by atoms with Crippen molar-refractivity contribution in [3.8, 4) is 0 Å². The number of carbonyl (C=O) groups excluding carboxylic acids is 1. The lowest BCUT2D eigenvalue weighted by molar-refractivity contribution is -0.0790. The van der Waals surface area contributed by atoms with Crippen LogP contribution in [-0.2, 0) is 9.47 Å². The molecule has 0 aromatic carbocycles. The molecule has 0 aliphatic carbocycles. The Morgan fingerprint density at radius 2 is 2.16 bits per heavy atom. The molecule has 0 radical (unpaired) electrons. The SMILES string of the molecule is COC(O)c1cc(NC(=O)OC(C)(C)C)ncc1F. The van der Waals surface area contributed by atoms with Crippen molar-refractivity contribution in [3.05, 3.63) is 23.6 Å². The molecule has 19 heavy (non-hydrogen) atoms. The molecule has 1 rings (SSSR count). The van der Waals surface area contributed by atoms with Gasteiger partial charge in [-0.2, -0.15) is 0 Å². The van der Waals surface area contributed by atoms with Gasteiger partial charge in [-0.15, -0.1) is 0 Å². The zero-order valence-corrected chi connectivity index (χ0v) is 11.2. The maximum absolute atomic E-state index is 13.4. The van der Waals surface area contributed by atoms with E-state index in [4.69, 9.17) is 4.74 Å². The third-order valence-electron chi connectivity index (χ3n) is 2.00. The molecule has 1 heterocycles. The van der Waals surface area contributed by atoms with E-state index in [1.165, 1.54) is 13.2 Å². The van der Waals surface area contributed by atoms with Crippen LogP contribution in [0.25, 0.3) is 0 Å². The summed E-state index contributed by atoms with van der Waals surface area (Å²) in [5, 5.41) is 11.8. The van der Waals surface area contributed by atoms with Crippen LogP contribution in [0.15, 0.2) is 12.3 Å². The highest BCUT2D eigenvalue weighted by Gasteiger charge is 2.18. The molecular formula is C12H17FN2O4. The largest absolute Gasteiger partial charge is 0.444 e. The number of halogens is 1. The second-order valence-corrected chi connectivity index (χ2v) is 4.81. The molecule has 1 atom stereocenters. The minimum Gasteiger partial charge on any atom is -0.444 e. The van der Waals surface area contributed by atoms with Crippen LogP contribution >= 0.6 is 0 Å². The van der Waals surface area contributed by atoms with E-state index in [0.29, 0.717) is 0 Å². The first kappa shape index (κ1) is 15.3. The number of pyridine rings is 1. The van der Waals surface area contributed by atoms with Crippen molar-refractivity contribution in [3.63, 3.8) is 0 Å². The summed E-state index contributed by atoms with van der Waals surface area (Å²) < 4.78 is 23.0. The number of nitrogens with zero attached hydrogens (tertiary/aromatic N) is 1. The van der Waals surface area contributed by atoms with E-state index in [1.807, 2.05) is 0 Å². The fraction of sp³-hybridized carbons (Fsp3) is 0.500. The highest BCUT2D eigenvalue weighted by atomic mass is 19.1. The van der Waals surface area contributed by atoms with Crippen LogP contribution < -0.4 is 5.32 Å². The van der Waals surface area contributed by atoms with Gasteiger partial charge in [-0.25, -0.2) is 14.2 Å². The van der Waals surface area contributed by atoms with Gasteiger partial charge in [0.05, 0.1) is 6.20 Å². The van der Waals surface area contributed by atoms with Crippen LogP contribution in [0.4, 0.5) is 15.0 Å². The van der Waals surface area contributed by atoms with Crippen molar-refractivity contribution in [2.24, 2.45) is 0 Å². The van der Waals surface area contributed by atoms with Crippen LogP contribution in [0.1, 0.15) is 32.6 Å². The lowest BCUT2D eigenvalue weighted by atomic mass is 10.2. The van der Waals surface area contributed by atoms with Crippen LogP contribution in [0.5, 0.6) is 0 Å². The van der Waals surface area contributed by atoms with Gasteiger partial charge in [-0.05, 0) is 26.8 Å². The highest BCUT2D eigenvalue weighted by Crippen LogP contribution is 2.20. The Balaban J connectivity index is 2.83. The van der Waals surface area contributed by atoms with E-state index < -0.39 is 23.8 Å². The standard InChI is InChI=1S/C12H17FN2O4/c1-12(2,3)19-11(17)15-9-5-7(10(16)18-4)8(13)6-14-9/h5-6,10,16H,1-4H3,(H,14,15,17). The molecule has 1 amide bonds. The zero-order valence-electron chi connectivity index (χ0n) is 11.2. The van der Waals surface area contributed by atoms with Gasteiger partial charge in [0, 0.05) is 12.7 Å². The first-order chi connectivity index (χ1) is 8.73. The number of methoxy groups -OCH3 is 1. The van der Waals surface area contributed by atoms with Crippen LogP contribution in [-0.4, -0.2) is 28.9 Å². The smallest absolute Gasteiger partial charge is 0.413 e. The molecule has 0 saturated heterocycles. The predicted octanol–water partition coefficient (Wildman–Crippen LogP) is 2.21. The second kappa shape index (κ2) is 5.94. The number of aromatic nitrogens is 1. The quantitative estimate of drug-likeness (QED) is 0.824. The number of carbonyl (C=O) groups is 1. The second-order valence-electron chi connectivity index (χ2n) is 4.81. The Kier molecular flexibility index (Phi) is 4.79. The molecule has 1 aromatic rings. The molecular weight excluding hydrogens is 255 g/mol. The number of aliphatic hydroxyl groups is 1. The van der Waals surface area contributed by atoms with E-state index in [0.717, 1.165) is 6.20 Å². The molecule has 0 fully saturated rings. The number of ether oxygens (including phenoxy) is 2. The van der Waals surface area contributed by atoms with Gasteiger partial charge in [0.25, 0.3) is 0 Å². The number of rotatable bonds is 3. The molecule has 0 saturated carbocycles. The summed E-state index contributed by atoms with van der Waals surface area (Å²) in [6.07, 6.45) is -1.27. The summed E-state index contributed by atoms with van der Waals surface area (Å²) in [4.78, 5) is 15.2. The maximum atomic E-state index is 13.4. The summed E-state index contributed by atoms with van der Waals surface area (Å²) in [5.74, 6) is -0.675. The highest BCUT2D eigenvalue weighted by molar-refractivity contribution is 5.83. The van der Waals surface area contributed by atoms with Crippen molar-refractivity contribution in [1.82, 2.24) is 4.98 Å². The van der Waals surface area contributed by atoms with E-state index >= 15 is 0 Å². The fourth-order valence-electron chi connectivity index (χ4n) is 1.25. The first-order valence-corrected chi connectivity index (χ1v) is 5.59. The molecule has 106 valence electrons. The number of aliphatic hydroxyl groups excluding tert-OH is 1. The van der Waals surface area contributed by atoms with Crippen LogP contribution in [0.3, 0.4) is 0 Å². The van der Waals surface area contributed by atoms with Crippen molar-refractivity contribution < 1.29 is 23.8 Å². The molecule has 1 unspecified atom stereocenters. The average molecular weight is 272 g/mol. The minimum absolute atomic E-state index is 0.0572. The lowest BCUT2D eigenvalue weighted by Gasteiger charge is -2.19. The molecule has 1 aromatic heterocycles. The van der Waals surface area contributed by atoms with E-state index in [9.17, 15) is 14.3 Å². The number of amides is 1. The number of hydrogen-bond acceptors (Lipinski definition) is 5. The predicted molar refractivity (Wildman–Crippen MR) is 66.0 cm³/mol. The Hall–Kier alpha value is -1.73. The number of nitrogens with one attached hydrogen (secondary N) is 1. The molecule has 6 nitrogen and oxygen atoms in total. The monoisotopic (exact) mass is 272 g/mol. The number of hydrogen-bond donors (Lipinski definition) is 2. The van der Waals surface area contributed by atoms with Gasteiger partial charge in [0.2, 0.25) is 0 Å². The molecule has 0 aliphatic heterocycles. The summed E-state index contributed by atoms with van der Waals surface area (Å²) in [5.41, 5.74) is -0.775. The maximum Gasteiger partial charge on any atom is 0.413 e. The Bertz CT molecular complexity index is 460. The lowest BCUT2D eigenvalue weighted by Crippen LogP contribution is -2.27. The topological polar surface area (TPSA) is 80.7 Å². The third-order valence-corrected chi connectivity index (χ3v) is 2.00. The van der Waals surface area contributed by atoms with Crippen molar-refractivity contribution in [2.75, 3.05) is 12.4 Å². The summed E-state index contributed by atoms with van der Waals surface area (Å²) in [6.45, 7) is 5.14. The molecule has 0 bridgehead atoms. The van der Waals surface area contributed by atoms with Gasteiger partial charge >= 0.3 is 6.09 Å². The first-order valence-electron chi connectivity index (χ1n) is 5.59. The van der Waals surface area contributed by atoms with E-state index in [-0.39, 0.29) is 11.4 Å². The fourth-order valence-corrected chi connectivity index (χ4v) is 1.25. The molecule has 7 heteroatoms. The van der Waals surface area contributed by atoms with Gasteiger partial charge in [-0.3, -0.25) is 5.32 Å². The Morgan fingerprint density at radius 1 is 1.53 bits per heavy atom. The van der Waals surface area contributed by atoms with Crippen molar-refractivity contribution in [1.29, 1.82) is 0 Å². The van der Waals surface area contributed by atoms with Crippen molar-refractivity contribution >= 4 is 11.9 Å². The normalized spacial score (nSPS) is 12.9. The number of anilines is 1. The van der Waals surface area contributed by atoms with Crippen LogP contribution in [0, 0.1) is 5.82 Å². The summed E-state index contributed by atoms with van der Waals surface area (Å²) in [7, 11) is 1.23. The van der Waals surface area contributed by atoms with Gasteiger partial charge in [-0.1, -0.05) is 0 Å². The Morgan fingerprint density at radius 3 is 2.68 bits per heavy atom. The summed E-state index contributed by atoms with van der Waals surface area (Å²) in [6, 6.07) is 1.17. The Labute approximate surface area is 110 Å². The molecule has 0 aliphatic rings. The van der Waals surface area contributed by atoms with Crippen molar-refractivity contribution in [2.45, 2.75) is 32.7 Å². The van der Waals surface area contributed by atoms with Gasteiger partial charge in [0.1, 0.15) is 17.2 Å². The zero-order chi connectivity index (χ0) is 14.6. The van der Waals surface area contributed by atoms with Gasteiger partial charge < -0.3 is 14.6 Å². The van der Waals surface area contributed by atoms with E-state index in [1.54, 1.807) is 20.8 Å². The third kappa shape index (κ3) is 4.80. The average Bonchev–Trinajstić information content (AvgIpc) is 2.28. The van der Waals surface area contributed by atoms with E-state index in [2.05, 4.69) is 15.0 Å². The molecule has 0 spiro atoms.